The van der Waals surface area contributed by atoms with Gasteiger partial charge in [-0.2, -0.15) is 4.98 Å². The van der Waals surface area contributed by atoms with Crippen LogP contribution in [0.25, 0.3) is 11.0 Å². The Balaban J connectivity index is 1.54. The number of rotatable bonds is 3. The Hall–Kier alpha value is -3.05. The second-order valence-electron chi connectivity index (χ2n) is 7.77. The zero-order valence-electron chi connectivity index (χ0n) is 16.1. The molecule has 11 heteroatoms. The molecule has 0 saturated heterocycles. The molecule has 1 saturated carbocycles. The monoisotopic (exact) mass is 427 g/mol. The lowest BCUT2D eigenvalue weighted by Crippen LogP contribution is -2.54. The standard InChI is InChI=1S/C19H21N7O3S/c20-30(28,29)14-4-5-15(21-11-14)24-18-23-9-12-8-13-10-22-17(27)19(6-2-1-3-7-19)26(13)16(12)25-18/h4-5,8-9,11H,1-3,6-7,10H2,(H,22,27)(H2,20,28,29)(H,21,23,24,25). The van der Waals surface area contributed by atoms with E-state index in [1.54, 1.807) is 6.20 Å². The van der Waals surface area contributed by atoms with Crippen LogP contribution in [0.5, 0.6) is 0 Å². The van der Waals surface area contributed by atoms with Crippen LogP contribution in [0.1, 0.15) is 37.8 Å². The van der Waals surface area contributed by atoms with Crippen LogP contribution in [-0.2, 0) is 26.9 Å². The molecule has 156 valence electrons. The average Bonchev–Trinajstić information content (AvgIpc) is 3.10. The minimum absolute atomic E-state index is 0.0561. The van der Waals surface area contributed by atoms with Gasteiger partial charge in [-0.05, 0) is 31.0 Å². The lowest BCUT2D eigenvalue weighted by Gasteiger charge is -2.41. The molecule has 4 N–H and O–H groups in total. The number of carbonyl (C=O) groups is 1. The predicted octanol–water partition coefficient (Wildman–Crippen LogP) is 1.51. The number of hydrogen-bond acceptors (Lipinski definition) is 7. The van der Waals surface area contributed by atoms with Gasteiger partial charge in [-0.15, -0.1) is 0 Å². The largest absolute Gasteiger partial charge is 0.348 e. The maximum atomic E-state index is 12.9. The number of primary sulfonamides is 1. The molecule has 1 spiro atoms. The average molecular weight is 427 g/mol. The first-order valence-electron chi connectivity index (χ1n) is 9.79. The van der Waals surface area contributed by atoms with Crippen molar-refractivity contribution in [1.82, 2.24) is 24.8 Å². The first-order chi connectivity index (χ1) is 14.4. The number of pyridine rings is 1. The molecule has 10 nitrogen and oxygen atoms in total. The highest BCUT2D eigenvalue weighted by Gasteiger charge is 2.45. The van der Waals surface area contributed by atoms with Crippen LogP contribution < -0.4 is 15.8 Å². The summed E-state index contributed by atoms with van der Waals surface area (Å²) in [5.41, 5.74) is 1.13. The van der Waals surface area contributed by atoms with Gasteiger partial charge in [0.15, 0.2) is 0 Å². The summed E-state index contributed by atoms with van der Waals surface area (Å²) < 4.78 is 24.9. The van der Waals surface area contributed by atoms with E-state index in [-0.39, 0.29) is 10.8 Å². The lowest BCUT2D eigenvalue weighted by molar-refractivity contribution is -0.133. The molecule has 0 bridgehead atoms. The van der Waals surface area contributed by atoms with E-state index in [4.69, 9.17) is 5.14 Å². The molecule has 0 radical (unpaired) electrons. The zero-order chi connectivity index (χ0) is 20.9. The molecule has 4 heterocycles. The molecule has 3 aromatic rings. The molecular weight excluding hydrogens is 406 g/mol. The molecular formula is C19H21N7O3S. The van der Waals surface area contributed by atoms with E-state index in [1.807, 2.05) is 6.07 Å². The number of sulfonamides is 1. The molecule has 1 amide bonds. The van der Waals surface area contributed by atoms with Crippen molar-refractivity contribution in [2.75, 3.05) is 5.32 Å². The van der Waals surface area contributed by atoms with E-state index in [1.165, 1.54) is 18.3 Å². The fraction of sp³-hybridized carbons (Fsp3) is 0.368. The van der Waals surface area contributed by atoms with Gasteiger partial charge in [0.1, 0.15) is 21.9 Å². The molecule has 30 heavy (non-hydrogen) atoms. The quantitative estimate of drug-likeness (QED) is 0.574. The van der Waals surface area contributed by atoms with Crippen LogP contribution in [0.3, 0.4) is 0 Å². The molecule has 2 aliphatic rings. The molecule has 0 aromatic carbocycles. The number of nitrogens with zero attached hydrogens (tertiary/aromatic N) is 4. The number of amides is 1. The summed E-state index contributed by atoms with van der Waals surface area (Å²) in [6.45, 7) is 0.469. The maximum absolute atomic E-state index is 12.9. The van der Waals surface area contributed by atoms with E-state index < -0.39 is 15.6 Å². The summed E-state index contributed by atoms with van der Waals surface area (Å²) in [4.78, 5) is 25.9. The Kier molecular flexibility index (Phi) is 4.26. The van der Waals surface area contributed by atoms with Crippen molar-refractivity contribution in [3.05, 3.63) is 36.3 Å². The minimum Gasteiger partial charge on any atom is -0.348 e. The van der Waals surface area contributed by atoms with Crippen molar-refractivity contribution in [2.24, 2.45) is 5.14 Å². The van der Waals surface area contributed by atoms with Gasteiger partial charge in [-0.1, -0.05) is 19.3 Å². The molecule has 0 atom stereocenters. The summed E-state index contributed by atoms with van der Waals surface area (Å²) in [5, 5.41) is 12.0. The number of carbonyl (C=O) groups excluding carboxylic acids is 1. The first-order valence-corrected chi connectivity index (χ1v) is 11.3. The molecule has 3 aromatic heterocycles. The summed E-state index contributed by atoms with van der Waals surface area (Å²) in [5.74, 6) is 0.758. The first kappa shape index (κ1) is 18.9. The van der Waals surface area contributed by atoms with Gasteiger partial charge in [0.05, 0.1) is 6.54 Å². The van der Waals surface area contributed by atoms with Crippen molar-refractivity contribution < 1.29 is 13.2 Å². The van der Waals surface area contributed by atoms with E-state index >= 15 is 0 Å². The van der Waals surface area contributed by atoms with Crippen LogP contribution in [0.4, 0.5) is 11.8 Å². The van der Waals surface area contributed by atoms with Gasteiger partial charge in [-0.25, -0.2) is 23.5 Å². The van der Waals surface area contributed by atoms with Crippen LogP contribution in [0.2, 0.25) is 0 Å². The number of nitrogens with one attached hydrogen (secondary N) is 2. The third-order valence-electron chi connectivity index (χ3n) is 5.88. The summed E-state index contributed by atoms with van der Waals surface area (Å²) in [6, 6.07) is 4.88. The number of fused-ring (bicyclic) bond motifs is 4. The molecule has 5 rings (SSSR count). The van der Waals surface area contributed by atoms with Gasteiger partial charge in [-0.3, -0.25) is 4.79 Å². The predicted molar refractivity (Wildman–Crippen MR) is 109 cm³/mol. The number of nitrogens with two attached hydrogens (primary N) is 1. The van der Waals surface area contributed by atoms with E-state index in [2.05, 4.69) is 30.2 Å². The van der Waals surface area contributed by atoms with Gasteiger partial charge in [0.2, 0.25) is 21.9 Å². The highest BCUT2D eigenvalue weighted by Crippen LogP contribution is 2.41. The third-order valence-corrected chi connectivity index (χ3v) is 6.78. The second-order valence-corrected chi connectivity index (χ2v) is 9.33. The summed E-state index contributed by atoms with van der Waals surface area (Å²) in [6.07, 6.45) is 7.61. The Morgan fingerprint density at radius 2 is 1.93 bits per heavy atom. The summed E-state index contributed by atoms with van der Waals surface area (Å²) >= 11 is 0. The Morgan fingerprint density at radius 1 is 1.13 bits per heavy atom. The SMILES string of the molecule is NS(=O)(=O)c1ccc(Nc2ncc3cc4n(c3n2)C2(CCCCC2)C(=O)NC4)nc1. The zero-order valence-corrected chi connectivity index (χ0v) is 16.9. The van der Waals surface area contributed by atoms with Crippen LogP contribution in [0, 0.1) is 0 Å². The van der Waals surface area contributed by atoms with E-state index in [0.29, 0.717) is 24.0 Å². The topological polar surface area (TPSA) is 145 Å². The lowest BCUT2D eigenvalue weighted by atomic mass is 9.79. The van der Waals surface area contributed by atoms with Gasteiger partial charge >= 0.3 is 0 Å². The maximum Gasteiger partial charge on any atom is 0.246 e. The Labute approximate surface area is 173 Å². The highest BCUT2D eigenvalue weighted by molar-refractivity contribution is 7.89. The highest BCUT2D eigenvalue weighted by atomic mass is 32.2. The van der Waals surface area contributed by atoms with Gasteiger partial charge in [0, 0.05) is 23.5 Å². The van der Waals surface area contributed by atoms with E-state index in [0.717, 1.165) is 43.2 Å². The summed E-state index contributed by atoms with van der Waals surface area (Å²) in [7, 11) is -3.81. The van der Waals surface area contributed by atoms with Crippen molar-refractivity contribution in [2.45, 2.75) is 49.1 Å². The number of anilines is 2. The molecule has 0 unspecified atom stereocenters. The number of aromatic nitrogens is 4. The fourth-order valence-electron chi connectivity index (χ4n) is 4.47. The normalized spacial score (nSPS) is 18.2. The smallest absolute Gasteiger partial charge is 0.246 e. The molecule has 1 aliphatic carbocycles. The minimum atomic E-state index is -3.81. The third kappa shape index (κ3) is 3.01. The van der Waals surface area contributed by atoms with Crippen molar-refractivity contribution >= 4 is 38.7 Å². The Morgan fingerprint density at radius 3 is 2.63 bits per heavy atom. The Bertz CT molecular complexity index is 1250. The molecule has 1 aliphatic heterocycles. The van der Waals surface area contributed by atoms with Crippen LogP contribution in [0.15, 0.2) is 35.5 Å². The fourth-order valence-corrected chi connectivity index (χ4v) is 4.93. The van der Waals surface area contributed by atoms with Crippen LogP contribution >= 0.6 is 0 Å². The molecule has 1 fully saturated rings. The van der Waals surface area contributed by atoms with Crippen molar-refractivity contribution in [3.63, 3.8) is 0 Å². The second kappa shape index (κ2) is 6.74. The van der Waals surface area contributed by atoms with Gasteiger partial charge in [0.25, 0.3) is 0 Å². The van der Waals surface area contributed by atoms with Crippen molar-refractivity contribution in [1.29, 1.82) is 0 Å². The van der Waals surface area contributed by atoms with Crippen LogP contribution in [-0.4, -0.2) is 33.8 Å². The van der Waals surface area contributed by atoms with Gasteiger partial charge < -0.3 is 15.2 Å². The van der Waals surface area contributed by atoms with Crippen molar-refractivity contribution in [3.8, 4) is 0 Å². The van der Waals surface area contributed by atoms with E-state index in [9.17, 15) is 13.2 Å². The number of hydrogen-bond donors (Lipinski definition) is 3.